The van der Waals surface area contributed by atoms with Gasteiger partial charge < -0.3 is 24.7 Å². The first-order valence-corrected chi connectivity index (χ1v) is 9.26. The molecule has 0 unspecified atom stereocenters. The van der Waals surface area contributed by atoms with Gasteiger partial charge in [-0.05, 0) is 36.8 Å². The number of esters is 1. The van der Waals surface area contributed by atoms with Crippen molar-refractivity contribution in [1.82, 2.24) is 9.55 Å². The van der Waals surface area contributed by atoms with E-state index in [4.69, 9.17) is 9.47 Å². The molecule has 1 amide bonds. The van der Waals surface area contributed by atoms with Crippen LogP contribution in [0.1, 0.15) is 34.2 Å². The number of carbonyl (C=O) groups is 2. The van der Waals surface area contributed by atoms with Gasteiger partial charge in [-0.1, -0.05) is 6.92 Å². The van der Waals surface area contributed by atoms with Crippen molar-refractivity contribution in [2.24, 2.45) is 7.05 Å². The smallest absolute Gasteiger partial charge is 0.356 e. The van der Waals surface area contributed by atoms with Gasteiger partial charge in [0.25, 0.3) is 5.91 Å². The lowest BCUT2D eigenvalue weighted by Crippen LogP contribution is -2.16. The first kappa shape index (κ1) is 20.2. The van der Waals surface area contributed by atoms with Crippen LogP contribution < -0.4 is 15.4 Å². The number of nitrogens with one attached hydrogen (secondary N) is 2. The lowest BCUT2D eigenvalue weighted by molar-refractivity contribution is 0.0591. The number of aryl methyl sites for hydroxylation is 1. The van der Waals surface area contributed by atoms with E-state index in [2.05, 4.69) is 22.5 Å². The maximum absolute atomic E-state index is 12.8. The Hall–Kier alpha value is -3.55. The first-order valence-electron chi connectivity index (χ1n) is 9.26. The van der Waals surface area contributed by atoms with Gasteiger partial charge in [-0.2, -0.15) is 0 Å². The van der Waals surface area contributed by atoms with Crippen LogP contribution in [0.2, 0.25) is 0 Å². The Labute approximate surface area is 168 Å². The van der Waals surface area contributed by atoms with Crippen molar-refractivity contribution in [2.75, 3.05) is 31.4 Å². The minimum Gasteiger partial charge on any atom is -0.497 e. The highest BCUT2D eigenvalue weighted by atomic mass is 16.5. The van der Waals surface area contributed by atoms with Crippen molar-refractivity contribution in [3.05, 3.63) is 47.8 Å². The predicted molar refractivity (Wildman–Crippen MR) is 112 cm³/mol. The molecule has 3 rings (SSSR count). The number of hydrogen-bond donors (Lipinski definition) is 2. The van der Waals surface area contributed by atoms with Crippen molar-refractivity contribution < 1.29 is 19.1 Å². The van der Waals surface area contributed by atoms with Crippen molar-refractivity contribution in [3.8, 4) is 5.75 Å². The van der Waals surface area contributed by atoms with E-state index in [1.807, 2.05) is 6.07 Å². The Morgan fingerprint density at radius 3 is 2.52 bits per heavy atom. The van der Waals surface area contributed by atoms with Crippen LogP contribution in [0.4, 0.5) is 11.4 Å². The Kier molecular flexibility index (Phi) is 6.01. The van der Waals surface area contributed by atoms with Crippen LogP contribution >= 0.6 is 0 Å². The second-order valence-corrected chi connectivity index (χ2v) is 6.48. The number of fused-ring (bicyclic) bond motifs is 1. The molecule has 3 aromatic rings. The molecular weight excluding hydrogens is 372 g/mol. The quantitative estimate of drug-likeness (QED) is 0.594. The van der Waals surface area contributed by atoms with Crippen LogP contribution in [0.5, 0.6) is 5.75 Å². The number of hydrogen-bond acceptors (Lipinski definition) is 6. The Balaban J connectivity index is 2.06. The van der Waals surface area contributed by atoms with Gasteiger partial charge in [-0.25, -0.2) is 9.78 Å². The van der Waals surface area contributed by atoms with Gasteiger partial charge in [0.2, 0.25) is 0 Å². The number of aromatic nitrogens is 2. The molecule has 2 aromatic heterocycles. The fraction of sp³-hybridized carbons (Fsp3) is 0.286. The standard InChI is InChI=1S/C21H24N4O4/c1-5-10-22-14-11-16-17(18(21(27)29-4)25(2)19(16)23-12-14)24-20(26)13-6-8-15(28-3)9-7-13/h6-9,11-12,22H,5,10H2,1-4H3,(H,24,26). The molecule has 29 heavy (non-hydrogen) atoms. The summed E-state index contributed by atoms with van der Waals surface area (Å²) in [5, 5.41) is 6.78. The zero-order chi connectivity index (χ0) is 21.0. The molecule has 0 spiro atoms. The van der Waals surface area contributed by atoms with Gasteiger partial charge in [0.15, 0.2) is 5.69 Å². The molecule has 8 heteroatoms. The summed E-state index contributed by atoms with van der Waals surface area (Å²) in [6, 6.07) is 8.59. The number of anilines is 2. The monoisotopic (exact) mass is 396 g/mol. The average Bonchev–Trinajstić information content (AvgIpc) is 3.02. The summed E-state index contributed by atoms with van der Waals surface area (Å²) >= 11 is 0. The number of pyridine rings is 1. The maximum atomic E-state index is 12.8. The third-order valence-electron chi connectivity index (χ3n) is 4.57. The second kappa shape index (κ2) is 8.64. The van der Waals surface area contributed by atoms with E-state index in [0.29, 0.717) is 28.0 Å². The van der Waals surface area contributed by atoms with E-state index in [1.54, 1.807) is 49.2 Å². The largest absolute Gasteiger partial charge is 0.497 e. The van der Waals surface area contributed by atoms with Crippen LogP contribution in [-0.2, 0) is 11.8 Å². The number of ether oxygens (including phenoxy) is 2. The van der Waals surface area contributed by atoms with Crippen molar-refractivity contribution in [3.63, 3.8) is 0 Å². The van der Waals surface area contributed by atoms with E-state index in [-0.39, 0.29) is 11.6 Å². The van der Waals surface area contributed by atoms with Gasteiger partial charge in [0.05, 0.1) is 31.8 Å². The molecule has 2 heterocycles. The third kappa shape index (κ3) is 4.01. The summed E-state index contributed by atoms with van der Waals surface area (Å²) in [5.74, 6) is -0.256. The molecule has 8 nitrogen and oxygen atoms in total. The minimum absolute atomic E-state index is 0.226. The number of rotatable bonds is 7. The summed E-state index contributed by atoms with van der Waals surface area (Å²) in [5.41, 5.74) is 2.40. The second-order valence-electron chi connectivity index (χ2n) is 6.48. The van der Waals surface area contributed by atoms with Gasteiger partial charge in [0, 0.05) is 24.5 Å². The van der Waals surface area contributed by atoms with Gasteiger partial charge in [-0.15, -0.1) is 0 Å². The molecule has 0 bridgehead atoms. The third-order valence-corrected chi connectivity index (χ3v) is 4.57. The summed E-state index contributed by atoms with van der Waals surface area (Å²) in [6.07, 6.45) is 2.66. The Morgan fingerprint density at radius 1 is 1.17 bits per heavy atom. The van der Waals surface area contributed by atoms with Crippen molar-refractivity contribution in [1.29, 1.82) is 0 Å². The molecule has 2 N–H and O–H groups in total. The normalized spacial score (nSPS) is 10.6. The Bertz CT molecular complexity index is 1040. The molecule has 0 saturated heterocycles. The molecule has 0 aliphatic rings. The van der Waals surface area contributed by atoms with Crippen molar-refractivity contribution in [2.45, 2.75) is 13.3 Å². The molecule has 0 atom stereocenters. The molecule has 152 valence electrons. The van der Waals surface area contributed by atoms with Crippen LogP contribution in [0.3, 0.4) is 0 Å². The van der Waals surface area contributed by atoms with Gasteiger partial charge in [0.1, 0.15) is 11.4 Å². The maximum Gasteiger partial charge on any atom is 0.356 e. The predicted octanol–water partition coefficient (Wildman–Crippen LogP) is 3.44. The zero-order valence-corrected chi connectivity index (χ0v) is 16.9. The number of methoxy groups -OCH3 is 2. The van der Waals surface area contributed by atoms with E-state index in [9.17, 15) is 9.59 Å². The number of carbonyl (C=O) groups excluding carboxylic acids is 2. The molecule has 0 radical (unpaired) electrons. The topological polar surface area (TPSA) is 94.5 Å². The zero-order valence-electron chi connectivity index (χ0n) is 16.9. The van der Waals surface area contributed by atoms with E-state index < -0.39 is 5.97 Å². The highest BCUT2D eigenvalue weighted by molar-refractivity contribution is 6.14. The summed E-state index contributed by atoms with van der Waals surface area (Å²) in [4.78, 5) is 29.7. The molecule has 0 aliphatic carbocycles. The SMILES string of the molecule is CCCNc1cnc2c(c1)c(NC(=O)c1ccc(OC)cc1)c(C(=O)OC)n2C. The Morgan fingerprint density at radius 2 is 1.90 bits per heavy atom. The molecule has 0 fully saturated rings. The molecule has 1 aromatic carbocycles. The highest BCUT2D eigenvalue weighted by Crippen LogP contribution is 2.32. The van der Waals surface area contributed by atoms with Crippen molar-refractivity contribution >= 4 is 34.3 Å². The number of nitrogens with zero attached hydrogens (tertiary/aromatic N) is 2. The van der Waals surface area contributed by atoms with Gasteiger partial charge >= 0.3 is 5.97 Å². The fourth-order valence-corrected chi connectivity index (χ4v) is 3.07. The minimum atomic E-state index is -0.557. The number of amides is 1. The van der Waals surface area contributed by atoms with E-state index >= 15 is 0 Å². The van der Waals surface area contributed by atoms with Crippen LogP contribution in [0, 0.1) is 0 Å². The van der Waals surface area contributed by atoms with Gasteiger partial charge in [-0.3, -0.25) is 4.79 Å². The lowest BCUT2D eigenvalue weighted by Gasteiger charge is -2.09. The van der Waals surface area contributed by atoms with Crippen LogP contribution in [-0.4, -0.2) is 42.2 Å². The van der Waals surface area contributed by atoms with Crippen LogP contribution in [0.25, 0.3) is 11.0 Å². The molecular formula is C21H24N4O4. The fourth-order valence-electron chi connectivity index (χ4n) is 3.07. The average molecular weight is 396 g/mol. The summed E-state index contributed by atoms with van der Waals surface area (Å²) < 4.78 is 11.7. The van der Waals surface area contributed by atoms with Crippen LogP contribution in [0.15, 0.2) is 36.5 Å². The molecule has 0 saturated carbocycles. The highest BCUT2D eigenvalue weighted by Gasteiger charge is 2.24. The van der Waals surface area contributed by atoms with E-state index in [1.165, 1.54) is 7.11 Å². The first-order chi connectivity index (χ1) is 14.0. The molecule has 0 aliphatic heterocycles. The number of benzene rings is 1. The summed E-state index contributed by atoms with van der Waals surface area (Å²) in [6.45, 7) is 2.86. The van der Waals surface area contributed by atoms with E-state index in [0.717, 1.165) is 18.7 Å². The lowest BCUT2D eigenvalue weighted by atomic mass is 10.2. The summed E-state index contributed by atoms with van der Waals surface area (Å²) in [7, 11) is 4.57.